The normalized spacial score (nSPS) is 18.7. The number of rotatable bonds is 5. The largest absolute Gasteiger partial charge is 0.379 e. The minimum absolute atomic E-state index is 0.301. The Hall–Kier alpha value is -0.610. The third-order valence-corrected chi connectivity index (χ3v) is 3.99. The highest BCUT2D eigenvalue weighted by atomic mass is 35.5. The lowest BCUT2D eigenvalue weighted by molar-refractivity contribution is 0.0158. The van der Waals surface area contributed by atoms with Gasteiger partial charge in [0.1, 0.15) is 0 Å². The summed E-state index contributed by atoms with van der Waals surface area (Å²) in [6, 6.07) is 8.62. The summed E-state index contributed by atoms with van der Waals surface area (Å²) in [4.78, 5) is 2.50. The highest BCUT2D eigenvalue weighted by molar-refractivity contribution is 6.30. The van der Waals surface area contributed by atoms with Crippen LogP contribution in [0.25, 0.3) is 0 Å². The maximum absolute atomic E-state index is 6.02. The van der Waals surface area contributed by atoms with E-state index in [4.69, 9.17) is 16.3 Å². The molecule has 1 aromatic rings. The van der Waals surface area contributed by atoms with Gasteiger partial charge in [0, 0.05) is 37.2 Å². The predicted octanol–water partition coefficient (Wildman–Crippen LogP) is 3.35. The average Bonchev–Trinajstić information content (AvgIpc) is 2.45. The first kappa shape index (κ1) is 16.8. The fourth-order valence-corrected chi connectivity index (χ4v) is 2.74. The van der Waals surface area contributed by atoms with E-state index in [2.05, 4.69) is 43.1 Å². The Balaban J connectivity index is 2.04. The lowest BCUT2D eigenvalue weighted by Crippen LogP contribution is -2.43. The van der Waals surface area contributed by atoms with Gasteiger partial charge in [0.2, 0.25) is 0 Å². The van der Waals surface area contributed by atoms with Gasteiger partial charge >= 0.3 is 0 Å². The van der Waals surface area contributed by atoms with Gasteiger partial charge in [-0.05, 0) is 23.1 Å². The van der Waals surface area contributed by atoms with E-state index in [1.54, 1.807) is 0 Å². The Labute approximate surface area is 133 Å². The van der Waals surface area contributed by atoms with Gasteiger partial charge in [0.15, 0.2) is 0 Å². The van der Waals surface area contributed by atoms with Gasteiger partial charge in [0.25, 0.3) is 0 Å². The number of benzene rings is 1. The molecule has 0 spiro atoms. The zero-order chi connectivity index (χ0) is 15.3. The van der Waals surface area contributed by atoms with E-state index in [1.165, 1.54) is 5.56 Å². The van der Waals surface area contributed by atoms with Crippen LogP contribution in [0.3, 0.4) is 0 Å². The van der Waals surface area contributed by atoms with Gasteiger partial charge in [-0.2, -0.15) is 0 Å². The van der Waals surface area contributed by atoms with Crippen molar-refractivity contribution < 1.29 is 4.74 Å². The molecule has 1 N–H and O–H groups in total. The van der Waals surface area contributed by atoms with Gasteiger partial charge in [0.05, 0.1) is 13.2 Å². The van der Waals surface area contributed by atoms with E-state index in [0.29, 0.717) is 11.5 Å². The van der Waals surface area contributed by atoms with Crippen LogP contribution in [0.4, 0.5) is 0 Å². The van der Waals surface area contributed by atoms with Crippen molar-refractivity contribution in [3.63, 3.8) is 0 Å². The molecule has 0 bridgehead atoms. The molecular weight excluding hydrogens is 284 g/mol. The number of morpholine rings is 1. The predicted molar refractivity (Wildman–Crippen MR) is 88.9 cm³/mol. The first-order valence-corrected chi connectivity index (χ1v) is 8.11. The van der Waals surface area contributed by atoms with Crippen molar-refractivity contribution in [2.75, 3.05) is 39.4 Å². The van der Waals surface area contributed by atoms with Gasteiger partial charge in [-0.1, -0.05) is 44.5 Å². The molecule has 1 heterocycles. The maximum atomic E-state index is 6.02. The lowest BCUT2D eigenvalue weighted by Gasteiger charge is -2.35. The number of hydrogen-bond acceptors (Lipinski definition) is 3. The molecule has 2 rings (SSSR count). The van der Waals surface area contributed by atoms with Gasteiger partial charge in [-0.15, -0.1) is 0 Å². The van der Waals surface area contributed by atoms with Crippen molar-refractivity contribution in [3.8, 4) is 0 Å². The highest BCUT2D eigenvalue weighted by Crippen LogP contribution is 2.23. The Kier molecular flexibility index (Phi) is 6.06. The molecule has 3 nitrogen and oxygen atoms in total. The van der Waals surface area contributed by atoms with E-state index in [1.807, 2.05) is 12.1 Å². The van der Waals surface area contributed by atoms with Crippen LogP contribution >= 0.6 is 11.6 Å². The van der Waals surface area contributed by atoms with Crippen molar-refractivity contribution in [2.24, 2.45) is 5.41 Å². The molecule has 1 aliphatic rings. The summed E-state index contributed by atoms with van der Waals surface area (Å²) >= 11 is 6.02. The number of halogens is 1. The third-order valence-electron chi connectivity index (χ3n) is 3.73. The van der Waals surface area contributed by atoms with E-state index >= 15 is 0 Å². The van der Waals surface area contributed by atoms with Crippen LogP contribution in [-0.4, -0.2) is 44.3 Å². The third kappa shape index (κ3) is 5.59. The first-order chi connectivity index (χ1) is 9.96. The van der Waals surface area contributed by atoms with Crippen LogP contribution in [0.1, 0.15) is 32.4 Å². The van der Waals surface area contributed by atoms with Gasteiger partial charge in [-0.3, -0.25) is 4.90 Å². The van der Waals surface area contributed by atoms with E-state index in [0.717, 1.165) is 44.4 Å². The monoisotopic (exact) mass is 310 g/mol. The zero-order valence-electron chi connectivity index (χ0n) is 13.4. The SMILES string of the molecule is CC(C)(C)CNCC(c1ccc(Cl)cc1)N1CCOCC1. The van der Waals surface area contributed by atoms with Crippen LogP contribution in [0.2, 0.25) is 5.02 Å². The Bertz CT molecular complexity index is 421. The molecule has 21 heavy (non-hydrogen) atoms. The van der Waals surface area contributed by atoms with Crippen LogP contribution < -0.4 is 5.32 Å². The molecule has 0 saturated carbocycles. The second-order valence-electron chi connectivity index (χ2n) is 6.91. The van der Waals surface area contributed by atoms with Crippen molar-refractivity contribution in [3.05, 3.63) is 34.9 Å². The summed E-state index contributed by atoms with van der Waals surface area (Å²) in [5.74, 6) is 0. The molecule has 118 valence electrons. The molecule has 0 amide bonds. The quantitative estimate of drug-likeness (QED) is 0.902. The van der Waals surface area contributed by atoms with Crippen LogP contribution in [0, 0.1) is 5.41 Å². The summed E-state index contributed by atoms with van der Waals surface area (Å²) in [5.41, 5.74) is 1.62. The smallest absolute Gasteiger partial charge is 0.0594 e. The second kappa shape index (κ2) is 7.59. The molecule has 1 aromatic carbocycles. The molecular formula is C17H27ClN2O. The summed E-state index contributed by atoms with van der Waals surface area (Å²) in [5, 5.41) is 4.41. The molecule has 0 aromatic heterocycles. The topological polar surface area (TPSA) is 24.5 Å². The van der Waals surface area contributed by atoms with Crippen LogP contribution in [-0.2, 0) is 4.74 Å². The fourth-order valence-electron chi connectivity index (χ4n) is 2.62. The van der Waals surface area contributed by atoms with Crippen LogP contribution in [0.15, 0.2) is 24.3 Å². The Morgan fingerprint density at radius 1 is 1.19 bits per heavy atom. The first-order valence-electron chi connectivity index (χ1n) is 7.74. The van der Waals surface area contributed by atoms with E-state index in [-0.39, 0.29) is 0 Å². The number of nitrogens with one attached hydrogen (secondary N) is 1. The minimum Gasteiger partial charge on any atom is -0.379 e. The molecule has 1 aliphatic heterocycles. The summed E-state index contributed by atoms with van der Waals surface area (Å²) in [6.45, 7) is 12.4. The zero-order valence-corrected chi connectivity index (χ0v) is 14.1. The Morgan fingerprint density at radius 3 is 2.38 bits per heavy atom. The molecule has 1 atom stereocenters. The van der Waals surface area contributed by atoms with Crippen LogP contribution in [0.5, 0.6) is 0 Å². The van der Waals surface area contributed by atoms with Crippen molar-refractivity contribution in [1.82, 2.24) is 10.2 Å². The lowest BCUT2D eigenvalue weighted by atomic mass is 9.96. The van der Waals surface area contributed by atoms with Gasteiger partial charge in [-0.25, -0.2) is 0 Å². The summed E-state index contributed by atoms with van der Waals surface area (Å²) in [7, 11) is 0. The second-order valence-corrected chi connectivity index (χ2v) is 7.34. The number of hydrogen-bond donors (Lipinski definition) is 1. The molecule has 0 radical (unpaired) electrons. The summed E-state index contributed by atoms with van der Waals surface area (Å²) < 4.78 is 5.48. The fraction of sp³-hybridized carbons (Fsp3) is 0.647. The molecule has 1 saturated heterocycles. The van der Waals surface area contributed by atoms with Crippen molar-refractivity contribution >= 4 is 11.6 Å². The Morgan fingerprint density at radius 2 is 1.81 bits per heavy atom. The van der Waals surface area contributed by atoms with E-state index < -0.39 is 0 Å². The van der Waals surface area contributed by atoms with Crippen molar-refractivity contribution in [1.29, 1.82) is 0 Å². The molecule has 0 aliphatic carbocycles. The summed E-state index contributed by atoms with van der Waals surface area (Å²) in [6.07, 6.45) is 0. The van der Waals surface area contributed by atoms with Gasteiger partial charge < -0.3 is 10.1 Å². The standard InChI is InChI=1S/C17H27ClN2O/c1-17(2,3)13-19-12-16(20-8-10-21-11-9-20)14-4-6-15(18)7-5-14/h4-7,16,19H,8-13H2,1-3H3. The number of ether oxygens (including phenoxy) is 1. The molecule has 4 heteroatoms. The highest BCUT2D eigenvalue weighted by Gasteiger charge is 2.23. The maximum Gasteiger partial charge on any atom is 0.0594 e. The van der Waals surface area contributed by atoms with Crippen molar-refractivity contribution in [2.45, 2.75) is 26.8 Å². The van der Waals surface area contributed by atoms with E-state index in [9.17, 15) is 0 Å². The number of nitrogens with zero attached hydrogens (tertiary/aromatic N) is 1. The average molecular weight is 311 g/mol. The molecule has 1 fully saturated rings. The molecule has 1 unspecified atom stereocenters. The minimum atomic E-state index is 0.301.